The van der Waals surface area contributed by atoms with Crippen molar-refractivity contribution in [2.75, 3.05) is 6.54 Å². The van der Waals surface area contributed by atoms with E-state index in [1.165, 1.54) is 4.57 Å². The highest BCUT2D eigenvalue weighted by Gasteiger charge is 2.06. The molecule has 2 aromatic rings. The summed E-state index contributed by atoms with van der Waals surface area (Å²) in [4.78, 5) is 22.2. The van der Waals surface area contributed by atoms with E-state index in [4.69, 9.17) is 4.42 Å². The highest BCUT2D eigenvalue weighted by molar-refractivity contribution is 5.75. The van der Waals surface area contributed by atoms with Crippen molar-refractivity contribution >= 4 is 16.9 Å². The maximum atomic E-state index is 11.4. The fourth-order valence-corrected chi connectivity index (χ4v) is 1.98. The number of fused-ring (bicyclic) bond motifs is 1. The molecule has 0 radical (unpaired) electrons. The second-order valence-corrected chi connectivity index (χ2v) is 4.71. The monoisotopic (exact) mass is 262 g/mol. The molecule has 19 heavy (non-hydrogen) atoms. The van der Waals surface area contributed by atoms with E-state index in [0.29, 0.717) is 18.5 Å². The quantitative estimate of drug-likeness (QED) is 0.803. The molecule has 5 heteroatoms. The molecule has 0 aliphatic heterocycles. The summed E-state index contributed by atoms with van der Waals surface area (Å²) < 4.78 is 6.57. The van der Waals surface area contributed by atoms with E-state index in [9.17, 15) is 9.59 Å². The van der Waals surface area contributed by atoms with Crippen molar-refractivity contribution < 1.29 is 9.21 Å². The van der Waals surface area contributed by atoms with E-state index >= 15 is 0 Å². The van der Waals surface area contributed by atoms with Gasteiger partial charge in [-0.3, -0.25) is 4.57 Å². The van der Waals surface area contributed by atoms with Crippen LogP contribution in [0.4, 0.5) is 0 Å². The topological polar surface area (TPSA) is 64.2 Å². The van der Waals surface area contributed by atoms with Crippen LogP contribution < -0.4 is 11.1 Å². The molecule has 0 amide bonds. The molecule has 0 spiro atoms. The first-order valence-electron chi connectivity index (χ1n) is 6.36. The van der Waals surface area contributed by atoms with Crippen LogP contribution in [0, 0.1) is 0 Å². The molecule has 1 heterocycles. The van der Waals surface area contributed by atoms with Gasteiger partial charge in [-0.25, -0.2) is 4.79 Å². The zero-order valence-electron chi connectivity index (χ0n) is 11.2. The van der Waals surface area contributed by atoms with E-state index in [1.54, 1.807) is 14.0 Å². The Labute approximate surface area is 111 Å². The van der Waals surface area contributed by atoms with E-state index in [-0.39, 0.29) is 11.5 Å². The first-order valence-corrected chi connectivity index (χ1v) is 6.36. The van der Waals surface area contributed by atoms with Gasteiger partial charge in [-0.05, 0) is 37.6 Å². The van der Waals surface area contributed by atoms with Crippen LogP contribution in [0.5, 0.6) is 0 Å². The molecule has 2 rings (SSSR count). The molecule has 1 aromatic heterocycles. The molecule has 102 valence electrons. The average molecular weight is 262 g/mol. The van der Waals surface area contributed by atoms with Crippen LogP contribution in [0.1, 0.15) is 25.3 Å². The fraction of sp³-hybridized carbons (Fsp3) is 0.429. The minimum absolute atomic E-state index is 0.219. The average Bonchev–Trinajstić information content (AvgIpc) is 2.65. The molecule has 0 atom stereocenters. The first-order chi connectivity index (χ1) is 9.08. The van der Waals surface area contributed by atoms with E-state index in [0.717, 1.165) is 24.0 Å². The standard InChI is InChI=1S/C14H18N2O3/c1-10(17)4-3-7-15-9-11-5-6-13-12(8-11)16(2)14(18)19-13/h5-6,8,15H,3-4,7,9H2,1-2H3. The number of carbonyl (C=O) groups excluding carboxylic acids is 1. The predicted molar refractivity (Wildman–Crippen MR) is 73.1 cm³/mol. The van der Waals surface area contributed by atoms with Crippen LogP contribution in [-0.4, -0.2) is 16.9 Å². The molecule has 0 unspecified atom stereocenters. The van der Waals surface area contributed by atoms with Crippen molar-refractivity contribution in [3.63, 3.8) is 0 Å². The number of nitrogens with one attached hydrogen (secondary N) is 1. The van der Waals surface area contributed by atoms with Crippen LogP contribution in [0.15, 0.2) is 27.4 Å². The number of rotatable bonds is 6. The number of benzene rings is 1. The van der Waals surface area contributed by atoms with Crippen LogP contribution >= 0.6 is 0 Å². The number of nitrogens with zero attached hydrogens (tertiary/aromatic N) is 1. The third-order valence-corrected chi connectivity index (χ3v) is 3.07. The number of carbonyl (C=O) groups is 1. The van der Waals surface area contributed by atoms with Gasteiger partial charge >= 0.3 is 5.76 Å². The lowest BCUT2D eigenvalue weighted by molar-refractivity contribution is -0.117. The Morgan fingerprint density at radius 2 is 2.21 bits per heavy atom. The summed E-state index contributed by atoms with van der Waals surface area (Å²) in [7, 11) is 1.69. The summed E-state index contributed by atoms with van der Waals surface area (Å²) >= 11 is 0. The van der Waals surface area contributed by atoms with Gasteiger partial charge in [-0.1, -0.05) is 6.07 Å². The highest BCUT2D eigenvalue weighted by Crippen LogP contribution is 2.14. The Hall–Kier alpha value is -1.88. The number of Topliss-reactive ketones (excluding diaryl/α,β-unsaturated/α-hetero) is 1. The zero-order chi connectivity index (χ0) is 13.8. The fourth-order valence-electron chi connectivity index (χ4n) is 1.98. The lowest BCUT2D eigenvalue weighted by Gasteiger charge is -2.04. The SMILES string of the molecule is CC(=O)CCCNCc1ccc2oc(=O)n(C)c2c1. The van der Waals surface area contributed by atoms with Crippen molar-refractivity contribution in [2.45, 2.75) is 26.3 Å². The maximum Gasteiger partial charge on any atom is 0.419 e. The molecule has 1 aromatic carbocycles. The number of aromatic nitrogens is 1. The van der Waals surface area contributed by atoms with E-state index in [1.807, 2.05) is 18.2 Å². The summed E-state index contributed by atoms with van der Waals surface area (Å²) in [6.45, 7) is 3.13. The Balaban J connectivity index is 1.96. The lowest BCUT2D eigenvalue weighted by atomic mass is 10.2. The molecule has 0 saturated carbocycles. The third kappa shape index (κ3) is 3.32. The van der Waals surface area contributed by atoms with Gasteiger partial charge in [-0.2, -0.15) is 0 Å². The molecule has 0 fully saturated rings. The van der Waals surface area contributed by atoms with Crippen molar-refractivity contribution in [2.24, 2.45) is 7.05 Å². The minimum atomic E-state index is -0.346. The Kier molecular flexibility index (Phi) is 4.16. The van der Waals surface area contributed by atoms with Crippen LogP contribution in [0.3, 0.4) is 0 Å². The second-order valence-electron chi connectivity index (χ2n) is 4.71. The van der Waals surface area contributed by atoms with Gasteiger partial charge in [-0.15, -0.1) is 0 Å². The summed E-state index contributed by atoms with van der Waals surface area (Å²) in [6.07, 6.45) is 1.46. The number of hydrogen-bond donors (Lipinski definition) is 1. The van der Waals surface area contributed by atoms with Crippen molar-refractivity contribution in [3.8, 4) is 0 Å². The lowest BCUT2D eigenvalue weighted by Crippen LogP contribution is -2.15. The van der Waals surface area contributed by atoms with Crippen molar-refractivity contribution in [3.05, 3.63) is 34.3 Å². The minimum Gasteiger partial charge on any atom is -0.408 e. The molecular formula is C14H18N2O3. The second kappa shape index (κ2) is 5.84. The van der Waals surface area contributed by atoms with Gasteiger partial charge in [0.1, 0.15) is 5.78 Å². The van der Waals surface area contributed by atoms with Gasteiger partial charge in [0.15, 0.2) is 5.58 Å². The van der Waals surface area contributed by atoms with Crippen molar-refractivity contribution in [1.29, 1.82) is 0 Å². The molecule has 0 saturated heterocycles. The number of aryl methyl sites for hydroxylation is 1. The summed E-state index contributed by atoms with van der Waals surface area (Å²) in [5.74, 6) is -0.127. The van der Waals surface area contributed by atoms with Crippen LogP contribution in [-0.2, 0) is 18.4 Å². The number of hydrogen-bond acceptors (Lipinski definition) is 4. The van der Waals surface area contributed by atoms with E-state index < -0.39 is 0 Å². The van der Waals surface area contributed by atoms with Gasteiger partial charge in [0, 0.05) is 20.0 Å². The Bertz CT molecular complexity index is 640. The zero-order valence-corrected chi connectivity index (χ0v) is 11.2. The van der Waals surface area contributed by atoms with Gasteiger partial charge in [0.05, 0.1) is 5.52 Å². The summed E-state index contributed by atoms with van der Waals surface area (Å²) in [5.41, 5.74) is 2.49. The van der Waals surface area contributed by atoms with Gasteiger partial charge in [0.25, 0.3) is 0 Å². The van der Waals surface area contributed by atoms with Gasteiger partial charge < -0.3 is 14.5 Å². The normalized spacial score (nSPS) is 11.1. The Morgan fingerprint density at radius 1 is 1.42 bits per heavy atom. The summed E-state index contributed by atoms with van der Waals surface area (Å²) in [5, 5.41) is 3.28. The van der Waals surface area contributed by atoms with Crippen molar-refractivity contribution in [1.82, 2.24) is 9.88 Å². The van der Waals surface area contributed by atoms with E-state index in [2.05, 4.69) is 5.32 Å². The predicted octanol–water partition coefficient (Wildman–Crippen LogP) is 1.59. The summed E-state index contributed by atoms with van der Waals surface area (Å²) in [6, 6.07) is 5.69. The van der Waals surface area contributed by atoms with Gasteiger partial charge in [0.2, 0.25) is 0 Å². The molecule has 0 aliphatic rings. The molecule has 0 aliphatic carbocycles. The van der Waals surface area contributed by atoms with Crippen LogP contribution in [0.2, 0.25) is 0 Å². The Morgan fingerprint density at radius 3 is 2.95 bits per heavy atom. The molecule has 5 nitrogen and oxygen atoms in total. The van der Waals surface area contributed by atoms with Crippen LogP contribution in [0.25, 0.3) is 11.1 Å². The highest BCUT2D eigenvalue weighted by atomic mass is 16.4. The smallest absolute Gasteiger partial charge is 0.408 e. The number of oxazole rings is 1. The number of ketones is 1. The maximum absolute atomic E-state index is 11.4. The molecule has 0 bridgehead atoms. The third-order valence-electron chi connectivity index (χ3n) is 3.07. The molecule has 1 N–H and O–H groups in total. The molecular weight excluding hydrogens is 244 g/mol. The largest absolute Gasteiger partial charge is 0.419 e. The first kappa shape index (κ1) is 13.5.